The van der Waals surface area contributed by atoms with Gasteiger partial charge in [-0.2, -0.15) is 0 Å². The lowest BCUT2D eigenvalue weighted by molar-refractivity contribution is 0.0373. The summed E-state index contributed by atoms with van der Waals surface area (Å²) in [6.07, 6.45) is 2.33. The van der Waals surface area contributed by atoms with E-state index >= 15 is 0 Å². The quantitative estimate of drug-likeness (QED) is 0.427. The topological polar surface area (TPSA) is 43.3 Å². The van der Waals surface area contributed by atoms with Gasteiger partial charge in [-0.15, -0.1) is 0 Å². The van der Waals surface area contributed by atoms with Crippen molar-refractivity contribution in [2.45, 2.75) is 19.8 Å². The molecule has 2 aliphatic heterocycles. The molecular formula is C21H34ClN5O. The zero-order chi connectivity index (χ0) is 19.6. The number of aliphatic imine (C=N–C) groups is 1. The van der Waals surface area contributed by atoms with Gasteiger partial charge in [0.25, 0.3) is 0 Å². The van der Waals surface area contributed by atoms with E-state index in [0.29, 0.717) is 0 Å². The molecule has 7 heteroatoms. The number of guanidine groups is 1. The fourth-order valence-electron chi connectivity index (χ4n) is 3.73. The summed E-state index contributed by atoms with van der Waals surface area (Å²) < 4.78 is 5.41. The first-order chi connectivity index (χ1) is 13.8. The van der Waals surface area contributed by atoms with Crippen LogP contribution in [0.3, 0.4) is 0 Å². The Morgan fingerprint density at radius 2 is 1.89 bits per heavy atom. The molecule has 0 spiro atoms. The molecule has 156 valence electrons. The molecule has 0 bridgehead atoms. The molecule has 28 heavy (non-hydrogen) atoms. The summed E-state index contributed by atoms with van der Waals surface area (Å²) in [7, 11) is 0. The van der Waals surface area contributed by atoms with Gasteiger partial charge in [0.2, 0.25) is 0 Å². The van der Waals surface area contributed by atoms with Gasteiger partial charge >= 0.3 is 0 Å². The fourth-order valence-corrected chi connectivity index (χ4v) is 3.92. The number of nitrogens with one attached hydrogen (secondary N) is 1. The Bertz CT molecular complexity index is 613. The van der Waals surface area contributed by atoms with E-state index in [1.54, 1.807) is 0 Å². The lowest BCUT2D eigenvalue weighted by Gasteiger charge is -2.37. The largest absolute Gasteiger partial charge is 0.379 e. The zero-order valence-corrected chi connectivity index (χ0v) is 17.8. The van der Waals surface area contributed by atoms with Gasteiger partial charge in [-0.1, -0.05) is 17.7 Å². The Labute approximate surface area is 174 Å². The summed E-state index contributed by atoms with van der Waals surface area (Å²) in [6.45, 7) is 12.9. The first-order valence-corrected chi connectivity index (χ1v) is 11.0. The molecule has 2 aliphatic rings. The molecule has 1 aromatic rings. The third-order valence-corrected chi connectivity index (χ3v) is 5.57. The van der Waals surface area contributed by atoms with Crippen LogP contribution in [-0.4, -0.2) is 87.9 Å². The first kappa shape index (κ1) is 21.2. The molecule has 6 nitrogen and oxygen atoms in total. The van der Waals surface area contributed by atoms with Crippen LogP contribution in [0.1, 0.15) is 19.8 Å². The number of halogens is 1. The fraction of sp³-hybridized carbons (Fsp3) is 0.667. The molecular weight excluding hydrogens is 374 g/mol. The second kappa shape index (κ2) is 11.5. The van der Waals surface area contributed by atoms with E-state index < -0.39 is 0 Å². The van der Waals surface area contributed by atoms with Crippen molar-refractivity contribution in [3.63, 3.8) is 0 Å². The van der Waals surface area contributed by atoms with Crippen molar-refractivity contribution in [3.8, 4) is 0 Å². The molecule has 0 aliphatic carbocycles. The number of hydrogen-bond acceptors (Lipinski definition) is 4. The minimum absolute atomic E-state index is 0.798. The summed E-state index contributed by atoms with van der Waals surface area (Å²) in [5.74, 6) is 1.06. The van der Waals surface area contributed by atoms with Gasteiger partial charge in [-0.3, -0.25) is 9.89 Å². The third kappa shape index (κ3) is 6.54. The predicted octanol–water partition coefficient (Wildman–Crippen LogP) is 2.54. The van der Waals surface area contributed by atoms with Gasteiger partial charge < -0.3 is 19.9 Å². The molecule has 3 rings (SSSR count). The Morgan fingerprint density at radius 1 is 1.11 bits per heavy atom. The lowest BCUT2D eigenvalue weighted by atomic mass is 10.2. The van der Waals surface area contributed by atoms with Crippen molar-refractivity contribution in [1.82, 2.24) is 15.1 Å². The van der Waals surface area contributed by atoms with Crippen molar-refractivity contribution in [2.24, 2.45) is 4.99 Å². The molecule has 0 atom stereocenters. The van der Waals surface area contributed by atoms with E-state index in [9.17, 15) is 0 Å². The van der Waals surface area contributed by atoms with Crippen LogP contribution in [0.2, 0.25) is 5.02 Å². The number of nitrogens with zero attached hydrogens (tertiary/aromatic N) is 4. The van der Waals surface area contributed by atoms with E-state index in [0.717, 1.165) is 89.5 Å². The maximum Gasteiger partial charge on any atom is 0.194 e. The number of rotatable bonds is 7. The average molecular weight is 408 g/mol. The zero-order valence-electron chi connectivity index (χ0n) is 17.1. The van der Waals surface area contributed by atoms with Crippen molar-refractivity contribution >= 4 is 23.2 Å². The summed E-state index contributed by atoms with van der Waals surface area (Å²) in [4.78, 5) is 12.2. The molecule has 0 saturated carbocycles. The maximum atomic E-state index is 6.14. The Morgan fingerprint density at radius 3 is 2.61 bits per heavy atom. The Kier molecular flexibility index (Phi) is 8.70. The minimum Gasteiger partial charge on any atom is -0.379 e. The van der Waals surface area contributed by atoms with Gasteiger partial charge in [0, 0.05) is 63.1 Å². The van der Waals surface area contributed by atoms with Crippen LogP contribution >= 0.6 is 11.6 Å². The maximum absolute atomic E-state index is 6.14. The van der Waals surface area contributed by atoms with Crippen LogP contribution in [0.15, 0.2) is 29.3 Å². The molecule has 2 saturated heterocycles. The summed E-state index contributed by atoms with van der Waals surface area (Å²) in [6, 6.07) is 8.13. The SMILES string of the molecule is CCNC(=NCCCCN1CCOCC1)N1CCN(c2cccc(Cl)c2)CC1. The first-order valence-electron chi connectivity index (χ1n) is 10.6. The molecule has 0 radical (unpaired) electrons. The van der Waals surface area contributed by atoms with Crippen molar-refractivity contribution in [2.75, 3.05) is 77.0 Å². The molecule has 2 heterocycles. The summed E-state index contributed by atoms with van der Waals surface area (Å²) in [5.41, 5.74) is 1.21. The molecule has 1 N–H and O–H groups in total. The molecule has 0 aromatic heterocycles. The number of anilines is 1. The summed E-state index contributed by atoms with van der Waals surface area (Å²) >= 11 is 6.14. The van der Waals surface area contributed by atoms with Crippen molar-refractivity contribution < 1.29 is 4.74 Å². The second-order valence-electron chi connectivity index (χ2n) is 7.35. The van der Waals surface area contributed by atoms with Gasteiger partial charge in [0.1, 0.15) is 0 Å². The van der Waals surface area contributed by atoms with Gasteiger partial charge in [-0.25, -0.2) is 0 Å². The van der Waals surface area contributed by atoms with E-state index in [1.807, 2.05) is 18.2 Å². The summed E-state index contributed by atoms with van der Waals surface area (Å²) in [5, 5.41) is 4.26. The van der Waals surface area contributed by atoms with Crippen LogP contribution in [-0.2, 0) is 4.74 Å². The molecule has 2 fully saturated rings. The lowest BCUT2D eigenvalue weighted by Crippen LogP contribution is -2.52. The number of benzene rings is 1. The molecule has 1 aromatic carbocycles. The minimum atomic E-state index is 0.798. The van der Waals surface area contributed by atoms with Crippen LogP contribution in [0, 0.1) is 0 Å². The normalized spacial score (nSPS) is 19.1. The monoisotopic (exact) mass is 407 g/mol. The number of hydrogen-bond donors (Lipinski definition) is 1. The predicted molar refractivity (Wildman–Crippen MR) is 118 cm³/mol. The highest BCUT2D eigenvalue weighted by Crippen LogP contribution is 2.20. The van der Waals surface area contributed by atoms with Crippen LogP contribution < -0.4 is 10.2 Å². The van der Waals surface area contributed by atoms with Crippen molar-refractivity contribution in [3.05, 3.63) is 29.3 Å². The Balaban J connectivity index is 1.42. The highest BCUT2D eigenvalue weighted by atomic mass is 35.5. The van der Waals surface area contributed by atoms with Crippen LogP contribution in [0.4, 0.5) is 5.69 Å². The number of morpholine rings is 1. The molecule has 0 unspecified atom stereocenters. The van der Waals surface area contributed by atoms with E-state index in [1.165, 1.54) is 12.1 Å². The van der Waals surface area contributed by atoms with Gasteiger partial charge in [-0.05, 0) is 44.5 Å². The van der Waals surface area contributed by atoms with Crippen molar-refractivity contribution in [1.29, 1.82) is 0 Å². The third-order valence-electron chi connectivity index (χ3n) is 5.34. The number of piperazine rings is 1. The highest BCUT2D eigenvalue weighted by Gasteiger charge is 2.20. The number of unbranched alkanes of at least 4 members (excludes halogenated alkanes) is 1. The Hall–Kier alpha value is -1.50. The number of ether oxygens (including phenoxy) is 1. The average Bonchev–Trinajstić information content (AvgIpc) is 2.74. The molecule has 0 amide bonds. The van der Waals surface area contributed by atoms with Gasteiger partial charge in [0.05, 0.1) is 13.2 Å². The van der Waals surface area contributed by atoms with E-state index in [-0.39, 0.29) is 0 Å². The van der Waals surface area contributed by atoms with Crippen LogP contribution in [0.25, 0.3) is 0 Å². The standard InChI is InChI=1S/C21H34ClN5O/c1-2-23-21(24-8-3-4-9-25-14-16-28-17-15-25)27-12-10-26(11-13-27)20-7-5-6-19(22)18-20/h5-7,18H,2-4,8-17H2,1H3,(H,23,24). The highest BCUT2D eigenvalue weighted by molar-refractivity contribution is 6.30. The second-order valence-corrected chi connectivity index (χ2v) is 7.79. The smallest absolute Gasteiger partial charge is 0.194 e. The van der Waals surface area contributed by atoms with E-state index in [2.05, 4.69) is 33.0 Å². The van der Waals surface area contributed by atoms with Gasteiger partial charge in [0.15, 0.2) is 5.96 Å². The van der Waals surface area contributed by atoms with E-state index in [4.69, 9.17) is 21.3 Å². The van der Waals surface area contributed by atoms with Crippen LogP contribution in [0.5, 0.6) is 0 Å².